The molecule has 3 rings (SSSR count). The lowest BCUT2D eigenvalue weighted by Gasteiger charge is -2.27. The van der Waals surface area contributed by atoms with Crippen molar-refractivity contribution in [1.29, 1.82) is 0 Å². The van der Waals surface area contributed by atoms with Crippen molar-refractivity contribution >= 4 is 21.6 Å². The van der Waals surface area contributed by atoms with Crippen LogP contribution in [0.1, 0.15) is 96.8 Å². The molecule has 0 aromatic heterocycles. The van der Waals surface area contributed by atoms with Crippen LogP contribution in [0.2, 0.25) is 0 Å². The van der Waals surface area contributed by atoms with Crippen LogP contribution in [0.25, 0.3) is 0 Å². The predicted molar refractivity (Wildman–Crippen MR) is 107 cm³/mol. The summed E-state index contributed by atoms with van der Waals surface area (Å²) in [5, 5.41) is 3.59. The fourth-order valence-electron chi connectivity index (χ4n) is 4.94. The van der Waals surface area contributed by atoms with E-state index in [0.29, 0.717) is 24.5 Å². The SMILES string of the molecule is CC1CCC(S(=O)(=O)O/N=C(/C(=O)C2CCCCC2)C2CCCCC2)CC1. The van der Waals surface area contributed by atoms with Gasteiger partial charge in [-0.3, -0.25) is 9.08 Å². The average Bonchev–Trinajstić information content (AvgIpc) is 2.70. The number of ketones is 1. The van der Waals surface area contributed by atoms with Gasteiger partial charge in [-0.15, -0.1) is 0 Å². The molecule has 0 N–H and O–H groups in total. The minimum Gasteiger partial charge on any atom is -0.292 e. The molecule has 0 saturated heterocycles. The second-order valence-electron chi connectivity index (χ2n) is 8.96. The van der Waals surface area contributed by atoms with Crippen molar-refractivity contribution in [2.45, 2.75) is 102 Å². The van der Waals surface area contributed by atoms with E-state index in [9.17, 15) is 13.2 Å². The molecular weight excluding hydrogens is 362 g/mol. The van der Waals surface area contributed by atoms with Crippen LogP contribution in [-0.4, -0.2) is 25.2 Å². The summed E-state index contributed by atoms with van der Waals surface area (Å²) in [5.41, 5.74) is 0.411. The standard InChI is InChI=1S/C21H35NO4S/c1-16-12-14-19(15-13-16)27(24,25)26-22-20(17-8-4-2-5-9-17)21(23)18-10-6-3-7-11-18/h16-19H,2-15H2,1H3/b22-20+. The first-order chi connectivity index (χ1) is 13.0. The van der Waals surface area contributed by atoms with Gasteiger partial charge in [-0.05, 0) is 57.3 Å². The molecule has 6 heteroatoms. The lowest BCUT2D eigenvalue weighted by atomic mass is 9.78. The number of nitrogens with zero attached hydrogens (tertiary/aromatic N) is 1. The molecule has 0 spiro atoms. The van der Waals surface area contributed by atoms with E-state index in [2.05, 4.69) is 12.1 Å². The minimum atomic E-state index is -3.74. The first-order valence-corrected chi connectivity index (χ1v) is 12.5. The molecule has 3 fully saturated rings. The monoisotopic (exact) mass is 397 g/mol. The van der Waals surface area contributed by atoms with Crippen LogP contribution in [0.4, 0.5) is 0 Å². The molecule has 0 amide bonds. The van der Waals surface area contributed by atoms with Gasteiger partial charge in [0.25, 0.3) is 0 Å². The molecule has 5 nitrogen and oxygen atoms in total. The molecule has 3 aliphatic carbocycles. The van der Waals surface area contributed by atoms with Crippen LogP contribution in [0.3, 0.4) is 0 Å². The highest BCUT2D eigenvalue weighted by Crippen LogP contribution is 2.32. The molecule has 0 heterocycles. The number of hydrogen-bond acceptors (Lipinski definition) is 5. The molecule has 27 heavy (non-hydrogen) atoms. The van der Waals surface area contributed by atoms with Gasteiger partial charge >= 0.3 is 10.1 Å². The highest BCUT2D eigenvalue weighted by atomic mass is 32.2. The van der Waals surface area contributed by atoms with E-state index in [1.807, 2.05) is 0 Å². The van der Waals surface area contributed by atoms with Crippen LogP contribution in [0, 0.1) is 17.8 Å². The molecule has 154 valence electrons. The molecule has 0 unspecified atom stereocenters. The third-order valence-electron chi connectivity index (χ3n) is 6.83. The molecule has 0 aliphatic heterocycles. The Hall–Kier alpha value is -0.910. The van der Waals surface area contributed by atoms with Gasteiger partial charge < -0.3 is 0 Å². The number of oxime groups is 1. The van der Waals surface area contributed by atoms with Crippen LogP contribution < -0.4 is 0 Å². The first kappa shape index (κ1) is 20.8. The lowest BCUT2D eigenvalue weighted by Crippen LogP contribution is -2.33. The highest BCUT2D eigenvalue weighted by molar-refractivity contribution is 7.87. The highest BCUT2D eigenvalue weighted by Gasteiger charge is 2.34. The van der Waals surface area contributed by atoms with Crippen molar-refractivity contribution in [3.63, 3.8) is 0 Å². The Morgan fingerprint density at radius 2 is 1.30 bits per heavy atom. The molecule has 3 saturated carbocycles. The third-order valence-corrected chi connectivity index (χ3v) is 8.40. The Balaban J connectivity index is 1.73. The van der Waals surface area contributed by atoms with E-state index in [1.165, 1.54) is 12.8 Å². The zero-order valence-electron chi connectivity index (χ0n) is 16.7. The first-order valence-electron chi connectivity index (χ1n) is 11.0. The summed E-state index contributed by atoms with van der Waals surface area (Å²) < 4.78 is 30.4. The molecule has 0 aromatic carbocycles. The van der Waals surface area contributed by atoms with Crippen LogP contribution in [-0.2, 0) is 19.2 Å². The van der Waals surface area contributed by atoms with E-state index >= 15 is 0 Å². The maximum Gasteiger partial charge on any atom is 0.331 e. The summed E-state index contributed by atoms with van der Waals surface area (Å²) in [6.45, 7) is 2.16. The molecule has 0 bridgehead atoms. The Labute approximate surface area is 164 Å². The van der Waals surface area contributed by atoms with Crippen LogP contribution >= 0.6 is 0 Å². The van der Waals surface area contributed by atoms with Crippen molar-refractivity contribution in [2.24, 2.45) is 22.9 Å². The fourth-order valence-corrected chi connectivity index (χ4v) is 6.10. The van der Waals surface area contributed by atoms with Crippen molar-refractivity contribution < 1.29 is 17.5 Å². The second kappa shape index (κ2) is 9.53. The molecule has 0 aromatic rings. The van der Waals surface area contributed by atoms with E-state index in [0.717, 1.165) is 64.2 Å². The lowest BCUT2D eigenvalue weighted by molar-refractivity contribution is -0.117. The summed E-state index contributed by atoms with van der Waals surface area (Å²) in [6, 6.07) is 0. The van der Waals surface area contributed by atoms with E-state index in [1.54, 1.807) is 0 Å². The summed E-state index contributed by atoms with van der Waals surface area (Å²) in [5.74, 6) is 0.690. The van der Waals surface area contributed by atoms with Crippen molar-refractivity contribution in [3.05, 3.63) is 0 Å². The van der Waals surface area contributed by atoms with Gasteiger partial charge in [0.1, 0.15) is 5.71 Å². The van der Waals surface area contributed by atoms with E-state index in [-0.39, 0.29) is 17.6 Å². The summed E-state index contributed by atoms with van der Waals surface area (Å²) in [6.07, 6.45) is 13.4. The number of rotatable bonds is 6. The number of hydrogen-bond donors (Lipinski definition) is 0. The second-order valence-corrected chi connectivity index (χ2v) is 10.8. The van der Waals surface area contributed by atoms with E-state index < -0.39 is 15.4 Å². The number of carbonyl (C=O) groups excluding carboxylic acids is 1. The fraction of sp³-hybridized carbons (Fsp3) is 0.905. The third kappa shape index (κ3) is 5.55. The zero-order valence-corrected chi connectivity index (χ0v) is 17.5. The van der Waals surface area contributed by atoms with Crippen LogP contribution in [0.5, 0.6) is 0 Å². The van der Waals surface area contributed by atoms with Gasteiger partial charge in [0.05, 0.1) is 5.25 Å². The Kier molecular flexibility index (Phi) is 7.35. The topological polar surface area (TPSA) is 72.8 Å². The zero-order chi connectivity index (χ0) is 19.3. The van der Waals surface area contributed by atoms with Gasteiger partial charge in [0.15, 0.2) is 5.78 Å². The summed E-state index contributed by atoms with van der Waals surface area (Å²) >= 11 is 0. The Morgan fingerprint density at radius 3 is 1.85 bits per heavy atom. The van der Waals surface area contributed by atoms with E-state index in [4.69, 9.17) is 4.28 Å². The quantitative estimate of drug-likeness (QED) is 0.467. The maximum absolute atomic E-state index is 13.1. The smallest absolute Gasteiger partial charge is 0.292 e. The van der Waals surface area contributed by atoms with Crippen molar-refractivity contribution in [2.75, 3.05) is 0 Å². The van der Waals surface area contributed by atoms with Gasteiger partial charge in [0, 0.05) is 11.8 Å². The van der Waals surface area contributed by atoms with Crippen molar-refractivity contribution in [1.82, 2.24) is 0 Å². The predicted octanol–water partition coefficient (Wildman–Crippen LogP) is 5.00. The number of Topliss-reactive ketones (excluding diaryl/α,β-unsaturated/α-hetero) is 1. The molecule has 0 atom stereocenters. The Morgan fingerprint density at radius 1 is 0.778 bits per heavy atom. The molecular formula is C21H35NO4S. The minimum absolute atomic E-state index is 0.00117. The number of carbonyl (C=O) groups is 1. The van der Waals surface area contributed by atoms with Gasteiger partial charge in [0.2, 0.25) is 0 Å². The van der Waals surface area contributed by atoms with Crippen LogP contribution in [0.15, 0.2) is 5.16 Å². The molecule has 3 aliphatic rings. The van der Waals surface area contributed by atoms with Gasteiger partial charge in [-0.1, -0.05) is 50.6 Å². The van der Waals surface area contributed by atoms with Gasteiger partial charge in [-0.25, -0.2) is 0 Å². The largest absolute Gasteiger partial charge is 0.331 e. The summed E-state index contributed by atoms with van der Waals surface area (Å²) in [7, 11) is -3.74. The van der Waals surface area contributed by atoms with Gasteiger partial charge in [-0.2, -0.15) is 8.42 Å². The molecule has 0 radical (unpaired) electrons. The van der Waals surface area contributed by atoms with Crippen molar-refractivity contribution in [3.8, 4) is 0 Å². The Bertz CT molecular complexity index is 623. The maximum atomic E-state index is 13.1. The normalized spacial score (nSPS) is 29.4. The summed E-state index contributed by atoms with van der Waals surface area (Å²) in [4.78, 5) is 13.1. The average molecular weight is 398 g/mol.